The van der Waals surface area contributed by atoms with E-state index < -0.39 is 23.1 Å². The number of carbonyl (C=O) groups excluding carboxylic acids is 1. The molecule has 1 atom stereocenters. The molecule has 0 aliphatic carbocycles. The number of carbonyl (C=O) groups is 1. The van der Waals surface area contributed by atoms with Crippen LogP contribution in [0.4, 0.5) is 18.0 Å². The number of hydrogen-bond donors (Lipinski definition) is 0. The summed E-state index contributed by atoms with van der Waals surface area (Å²) in [6.45, 7) is 9.74. The number of alkyl halides is 3. The van der Waals surface area contributed by atoms with Gasteiger partial charge in [0.15, 0.2) is 0 Å². The zero-order chi connectivity index (χ0) is 19.4. The summed E-state index contributed by atoms with van der Waals surface area (Å²) in [6, 6.07) is -1.92. The lowest BCUT2D eigenvalue weighted by atomic mass is 10.2. The van der Waals surface area contributed by atoms with Crippen LogP contribution < -0.4 is 0 Å². The Balaban J connectivity index is 2.61. The summed E-state index contributed by atoms with van der Waals surface area (Å²) >= 11 is 5.70. The molecule has 25 heavy (non-hydrogen) atoms. The molecular weight excluding hydrogens is 361 g/mol. The fraction of sp³-hybridized carbons (Fsp3) is 0.800. The molecule has 0 radical (unpaired) electrons. The topological polar surface area (TPSA) is 57.5 Å². The lowest BCUT2D eigenvalue weighted by Gasteiger charge is -2.36. The molecule has 10 heteroatoms. The number of nitrogens with zero attached hydrogens (tertiary/aromatic N) is 4. The van der Waals surface area contributed by atoms with Gasteiger partial charge in [-0.05, 0) is 46.2 Å². The summed E-state index contributed by atoms with van der Waals surface area (Å²) in [5, 5.41) is -0.447. The number of hydrogen-bond acceptors (Lipinski definition) is 3. The van der Waals surface area contributed by atoms with Gasteiger partial charge in [0, 0.05) is 26.2 Å². The summed E-state index contributed by atoms with van der Waals surface area (Å²) in [5.74, 6) is 0.451. The molecule has 1 aliphatic rings. The van der Waals surface area contributed by atoms with Crippen molar-refractivity contribution in [3.63, 3.8) is 0 Å². The number of ether oxygens (including phenoxy) is 1. The molecule has 0 saturated carbocycles. The van der Waals surface area contributed by atoms with Crippen LogP contribution in [0.1, 0.15) is 34.6 Å². The lowest BCUT2D eigenvalue weighted by molar-refractivity contribution is -0.142. The molecule has 1 aliphatic heterocycles. The number of halogens is 4. The minimum Gasteiger partial charge on any atom is -0.444 e. The van der Waals surface area contributed by atoms with Gasteiger partial charge in [-0.2, -0.15) is 13.2 Å². The second-order valence-corrected chi connectivity index (χ2v) is 7.07. The van der Waals surface area contributed by atoms with E-state index in [1.807, 2.05) is 4.90 Å². The van der Waals surface area contributed by atoms with Crippen LogP contribution in [0.5, 0.6) is 0 Å². The maximum atomic E-state index is 12.5. The maximum Gasteiger partial charge on any atom is 0.410 e. The SMILES string of the molecule is C/C(=N\C(Cl)=N/C(C)C(F)(F)F)N1CCN(C(=O)OC(C)(C)C)CC1. The van der Waals surface area contributed by atoms with Gasteiger partial charge in [-0.15, -0.1) is 0 Å². The standard InChI is InChI=1S/C15H24ClF3N4O2/c1-10(15(17,18)19)20-12(16)21-11(2)22-6-8-23(9-7-22)13(24)25-14(3,4)5/h10H,6-9H2,1-5H3/b20-12-,21-11+. The highest BCUT2D eigenvalue weighted by Crippen LogP contribution is 2.23. The van der Waals surface area contributed by atoms with Crippen LogP contribution in [0.2, 0.25) is 0 Å². The number of aliphatic imine (C=N–C) groups is 2. The highest BCUT2D eigenvalue weighted by Gasteiger charge is 2.36. The third kappa shape index (κ3) is 7.50. The Kier molecular flexibility index (Phi) is 7.10. The van der Waals surface area contributed by atoms with Gasteiger partial charge < -0.3 is 14.5 Å². The predicted molar refractivity (Wildman–Crippen MR) is 91.3 cm³/mol. The van der Waals surface area contributed by atoms with E-state index in [0.717, 1.165) is 6.92 Å². The molecule has 0 bridgehead atoms. The quantitative estimate of drug-likeness (QED) is 0.395. The van der Waals surface area contributed by atoms with Crippen molar-refractivity contribution in [3.8, 4) is 0 Å². The van der Waals surface area contributed by atoms with Crippen molar-refractivity contribution >= 4 is 28.8 Å². The Hall–Kier alpha value is -1.51. The zero-order valence-electron chi connectivity index (χ0n) is 15.0. The van der Waals surface area contributed by atoms with Crippen molar-refractivity contribution in [1.82, 2.24) is 9.80 Å². The summed E-state index contributed by atoms with van der Waals surface area (Å²) in [7, 11) is 0. The highest BCUT2D eigenvalue weighted by molar-refractivity contribution is 6.65. The molecule has 144 valence electrons. The summed E-state index contributed by atoms with van der Waals surface area (Å²) in [4.78, 5) is 22.6. The van der Waals surface area contributed by atoms with Crippen LogP contribution in [0.25, 0.3) is 0 Å². The molecule has 0 N–H and O–H groups in total. The Labute approximate surface area is 150 Å². The van der Waals surface area contributed by atoms with Gasteiger partial charge >= 0.3 is 12.3 Å². The highest BCUT2D eigenvalue weighted by atomic mass is 35.5. The van der Waals surface area contributed by atoms with Crippen LogP contribution in [0, 0.1) is 0 Å². The third-order valence-electron chi connectivity index (χ3n) is 3.42. The summed E-state index contributed by atoms with van der Waals surface area (Å²) < 4.78 is 42.7. The van der Waals surface area contributed by atoms with E-state index in [1.54, 1.807) is 32.6 Å². The van der Waals surface area contributed by atoms with Gasteiger partial charge in [0.2, 0.25) is 5.29 Å². The molecule has 0 aromatic carbocycles. The normalized spacial score (nSPS) is 19.1. The summed E-state index contributed by atoms with van der Waals surface area (Å²) in [6.07, 6.45) is -4.84. The molecule has 1 fully saturated rings. The van der Waals surface area contributed by atoms with Gasteiger partial charge in [-0.3, -0.25) is 0 Å². The van der Waals surface area contributed by atoms with Gasteiger partial charge in [-0.1, -0.05) is 0 Å². The first-order valence-electron chi connectivity index (χ1n) is 7.88. The van der Waals surface area contributed by atoms with Crippen molar-refractivity contribution in [2.75, 3.05) is 26.2 Å². The first-order chi connectivity index (χ1) is 11.3. The fourth-order valence-corrected chi connectivity index (χ4v) is 2.27. The van der Waals surface area contributed by atoms with E-state index in [0.29, 0.717) is 32.0 Å². The smallest absolute Gasteiger partial charge is 0.410 e. The Morgan fingerprint density at radius 1 is 1.12 bits per heavy atom. The fourth-order valence-electron chi connectivity index (χ4n) is 2.01. The van der Waals surface area contributed by atoms with E-state index in [4.69, 9.17) is 16.3 Å². The Bertz CT molecular complexity index is 536. The average Bonchev–Trinajstić information content (AvgIpc) is 2.44. The minimum absolute atomic E-state index is 0.389. The molecule has 0 aromatic rings. The first-order valence-corrected chi connectivity index (χ1v) is 8.25. The second kappa shape index (κ2) is 8.25. The van der Waals surface area contributed by atoms with Crippen LogP contribution >= 0.6 is 11.6 Å². The maximum absolute atomic E-state index is 12.5. The molecule has 1 amide bonds. The molecule has 1 heterocycles. The van der Waals surface area contributed by atoms with Crippen LogP contribution in [0.15, 0.2) is 9.98 Å². The molecule has 1 saturated heterocycles. The lowest BCUT2D eigenvalue weighted by Crippen LogP contribution is -2.51. The second-order valence-electron chi connectivity index (χ2n) is 6.73. The molecule has 1 unspecified atom stereocenters. The number of piperazine rings is 1. The van der Waals surface area contributed by atoms with Crippen molar-refractivity contribution < 1.29 is 22.7 Å². The van der Waals surface area contributed by atoms with Crippen molar-refractivity contribution in [1.29, 1.82) is 0 Å². The van der Waals surface area contributed by atoms with Gasteiger partial charge in [0.25, 0.3) is 0 Å². The van der Waals surface area contributed by atoms with Gasteiger partial charge in [0.1, 0.15) is 17.5 Å². The van der Waals surface area contributed by atoms with Crippen LogP contribution in [-0.4, -0.2) is 71.0 Å². The van der Waals surface area contributed by atoms with Gasteiger partial charge in [0.05, 0.1) is 0 Å². The molecule has 1 rings (SSSR count). The largest absolute Gasteiger partial charge is 0.444 e. The Morgan fingerprint density at radius 3 is 2.04 bits per heavy atom. The molecule has 6 nitrogen and oxygen atoms in total. The monoisotopic (exact) mass is 384 g/mol. The molecule has 0 spiro atoms. The van der Waals surface area contributed by atoms with Crippen molar-refractivity contribution in [3.05, 3.63) is 0 Å². The van der Waals surface area contributed by atoms with Gasteiger partial charge in [-0.25, -0.2) is 14.8 Å². The van der Waals surface area contributed by atoms with Crippen LogP contribution in [-0.2, 0) is 4.74 Å². The number of amidine groups is 2. The van der Waals surface area contributed by atoms with E-state index in [-0.39, 0.29) is 6.09 Å². The summed E-state index contributed by atoms with van der Waals surface area (Å²) in [5.41, 5.74) is -0.565. The van der Waals surface area contributed by atoms with Crippen LogP contribution in [0.3, 0.4) is 0 Å². The zero-order valence-corrected chi connectivity index (χ0v) is 15.8. The van der Waals surface area contributed by atoms with E-state index >= 15 is 0 Å². The number of amides is 1. The van der Waals surface area contributed by atoms with E-state index in [1.165, 1.54) is 0 Å². The van der Waals surface area contributed by atoms with E-state index in [9.17, 15) is 18.0 Å². The predicted octanol–water partition coefficient (Wildman–Crippen LogP) is 3.50. The molecular formula is C15H24ClF3N4O2. The minimum atomic E-state index is -4.46. The number of rotatable bonds is 1. The van der Waals surface area contributed by atoms with E-state index in [2.05, 4.69) is 9.98 Å². The molecule has 0 aromatic heterocycles. The third-order valence-corrected chi connectivity index (χ3v) is 3.60. The Morgan fingerprint density at radius 2 is 1.60 bits per heavy atom. The van der Waals surface area contributed by atoms with Crippen molar-refractivity contribution in [2.45, 2.75) is 52.4 Å². The average molecular weight is 385 g/mol. The first kappa shape index (κ1) is 21.5. The van der Waals surface area contributed by atoms with Crippen molar-refractivity contribution in [2.24, 2.45) is 9.98 Å².